The van der Waals surface area contributed by atoms with Crippen LogP contribution in [0.5, 0.6) is 0 Å². The molecule has 4 atom stereocenters. The number of alkyl carbamates (subject to hydrolysis) is 1. The fourth-order valence-electron chi connectivity index (χ4n) is 6.46. The Morgan fingerprint density at radius 1 is 0.982 bits per heavy atom. The Hall–Kier alpha value is -4.31. The van der Waals surface area contributed by atoms with E-state index in [1.54, 1.807) is 26.8 Å². The zero-order valence-corrected chi connectivity index (χ0v) is 34.1. The molecule has 312 valence electrons. The van der Waals surface area contributed by atoms with Crippen molar-refractivity contribution in [2.24, 2.45) is 5.92 Å². The van der Waals surface area contributed by atoms with E-state index in [0.717, 1.165) is 29.7 Å². The van der Waals surface area contributed by atoms with Gasteiger partial charge in [-0.3, -0.25) is 9.59 Å². The largest absolute Gasteiger partial charge is 0.449 e. The molecule has 2 aromatic carbocycles. The van der Waals surface area contributed by atoms with Gasteiger partial charge in [-0.05, 0) is 75.3 Å². The van der Waals surface area contributed by atoms with Crippen LogP contribution in [0.1, 0.15) is 90.3 Å². The molecule has 1 heterocycles. The van der Waals surface area contributed by atoms with E-state index < -0.39 is 80.9 Å². The molecule has 2 aromatic rings. The standard InChI is InChI=1S/C40H58F2N4O9S/c1-7-11-32(12-8-2)56(52,53)25-34(45-38(50)54-24-29-19-36(48)43-21-29)37(49)44-33(18-28-16-30(41)20-31(42)17-28)35(47)23-46(39(51)55-40(4,5)6)22-27-14-10-13-26(9-3)15-27/h10,13-17,20,29,32-35,47H,7-9,11-12,18-19,21-25H2,1-6H3,(H,43,48)(H,44,49)(H,45,50)/t29-,33+,34?,35-/m1/s1. The van der Waals surface area contributed by atoms with E-state index in [2.05, 4.69) is 16.0 Å². The molecular formula is C40H58F2N4O9S. The molecule has 13 nitrogen and oxygen atoms in total. The molecule has 3 rings (SSSR count). The van der Waals surface area contributed by atoms with Crippen LogP contribution in [0.3, 0.4) is 0 Å². The van der Waals surface area contributed by atoms with Crippen molar-refractivity contribution < 1.29 is 51.0 Å². The number of rotatable bonds is 20. The highest BCUT2D eigenvalue weighted by Crippen LogP contribution is 2.20. The number of nitrogens with zero attached hydrogens (tertiary/aromatic N) is 1. The maximum Gasteiger partial charge on any atom is 0.410 e. The van der Waals surface area contributed by atoms with Gasteiger partial charge < -0.3 is 35.4 Å². The highest BCUT2D eigenvalue weighted by Gasteiger charge is 2.36. The van der Waals surface area contributed by atoms with Crippen molar-refractivity contribution in [1.82, 2.24) is 20.9 Å². The molecule has 1 fully saturated rings. The minimum absolute atomic E-state index is 0.00168. The number of aliphatic hydroxyl groups is 1. The summed E-state index contributed by atoms with van der Waals surface area (Å²) in [6, 6.07) is 7.11. The fraction of sp³-hybridized carbons (Fsp3) is 0.600. The smallest absolute Gasteiger partial charge is 0.410 e. The summed E-state index contributed by atoms with van der Waals surface area (Å²) in [6.07, 6.45) is -1.20. The maximum absolute atomic E-state index is 14.4. The number of carbonyl (C=O) groups is 4. The number of halogens is 2. The SMILES string of the molecule is CCCC(CCC)S(=O)(=O)CC(NC(=O)OC[C@H]1CNC(=O)C1)C(=O)N[C@@H](Cc1cc(F)cc(F)c1)[C@H](O)CN(Cc1cccc(CC)c1)C(=O)OC(C)(C)C. The van der Waals surface area contributed by atoms with Crippen LogP contribution in [0.15, 0.2) is 42.5 Å². The summed E-state index contributed by atoms with van der Waals surface area (Å²) >= 11 is 0. The van der Waals surface area contributed by atoms with Gasteiger partial charge in [0, 0.05) is 31.5 Å². The molecule has 1 unspecified atom stereocenters. The summed E-state index contributed by atoms with van der Waals surface area (Å²) in [5.74, 6) is -4.16. The van der Waals surface area contributed by atoms with Crippen molar-refractivity contribution in [2.45, 2.75) is 122 Å². The maximum atomic E-state index is 14.4. The number of carbonyl (C=O) groups excluding carboxylic acids is 4. The highest BCUT2D eigenvalue weighted by molar-refractivity contribution is 7.92. The van der Waals surface area contributed by atoms with Gasteiger partial charge in [0.15, 0.2) is 9.84 Å². The number of nitrogens with one attached hydrogen (secondary N) is 3. The lowest BCUT2D eigenvalue weighted by molar-refractivity contribution is -0.124. The van der Waals surface area contributed by atoms with Crippen molar-refractivity contribution in [2.75, 3.05) is 25.4 Å². The first-order valence-corrected chi connectivity index (χ1v) is 20.9. The van der Waals surface area contributed by atoms with Crippen LogP contribution in [0.2, 0.25) is 0 Å². The lowest BCUT2D eigenvalue weighted by atomic mass is 9.99. The lowest BCUT2D eigenvalue weighted by Crippen LogP contribution is -2.57. The number of aliphatic hydroxyl groups excluding tert-OH is 1. The van der Waals surface area contributed by atoms with Gasteiger partial charge in [0.2, 0.25) is 11.8 Å². The van der Waals surface area contributed by atoms with Crippen molar-refractivity contribution in [3.63, 3.8) is 0 Å². The molecule has 0 aliphatic carbocycles. The Balaban J connectivity index is 1.98. The van der Waals surface area contributed by atoms with E-state index >= 15 is 0 Å². The predicted octanol–water partition coefficient (Wildman–Crippen LogP) is 4.97. The summed E-state index contributed by atoms with van der Waals surface area (Å²) in [5.41, 5.74) is 0.878. The molecule has 1 aliphatic heterocycles. The van der Waals surface area contributed by atoms with Crippen LogP contribution in [-0.4, -0.2) is 96.9 Å². The van der Waals surface area contributed by atoms with E-state index in [4.69, 9.17) is 9.47 Å². The molecule has 16 heteroatoms. The third kappa shape index (κ3) is 15.3. The lowest BCUT2D eigenvalue weighted by Gasteiger charge is -2.33. The summed E-state index contributed by atoms with van der Waals surface area (Å²) in [5, 5.41) is 18.6. The van der Waals surface area contributed by atoms with Crippen LogP contribution in [-0.2, 0) is 48.3 Å². The fourth-order valence-corrected chi connectivity index (χ4v) is 8.62. The number of amides is 4. The van der Waals surface area contributed by atoms with Crippen molar-refractivity contribution >= 4 is 33.8 Å². The minimum Gasteiger partial charge on any atom is -0.449 e. The van der Waals surface area contributed by atoms with Crippen LogP contribution in [0.25, 0.3) is 0 Å². The predicted molar refractivity (Wildman–Crippen MR) is 207 cm³/mol. The van der Waals surface area contributed by atoms with E-state index in [0.29, 0.717) is 31.7 Å². The number of hydrogen-bond donors (Lipinski definition) is 4. The molecule has 56 heavy (non-hydrogen) atoms. The average Bonchev–Trinajstić information content (AvgIpc) is 3.53. The molecule has 0 saturated carbocycles. The number of sulfone groups is 1. The summed E-state index contributed by atoms with van der Waals surface area (Å²) in [7, 11) is -4.01. The van der Waals surface area contributed by atoms with Gasteiger partial charge in [-0.15, -0.1) is 0 Å². The first-order chi connectivity index (χ1) is 26.3. The van der Waals surface area contributed by atoms with Crippen LogP contribution < -0.4 is 16.0 Å². The van der Waals surface area contributed by atoms with E-state index in [9.17, 15) is 41.5 Å². The number of hydrogen-bond acceptors (Lipinski definition) is 9. The molecule has 1 aliphatic rings. The monoisotopic (exact) mass is 808 g/mol. The third-order valence-electron chi connectivity index (χ3n) is 9.25. The Kier molecular flexibility index (Phi) is 17.5. The second-order valence-electron chi connectivity index (χ2n) is 15.4. The van der Waals surface area contributed by atoms with Crippen molar-refractivity contribution in [3.8, 4) is 0 Å². The zero-order valence-electron chi connectivity index (χ0n) is 33.2. The van der Waals surface area contributed by atoms with Gasteiger partial charge in [-0.25, -0.2) is 26.8 Å². The summed E-state index contributed by atoms with van der Waals surface area (Å²) < 4.78 is 67.2. The number of aryl methyl sites for hydroxylation is 1. The Bertz CT molecular complexity index is 1730. The minimum atomic E-state index is -4.01. The molecule has 4 N–H and O–H groups in total. The quantitative estimate of drug-likeness (QED) is 0.144. The Morgan fingerprint density at radius 3 is 2.20 bits per heavy atom. The van der Waals surface area contributed by atoms with E-state index in [1.165, 1.54) is 4.90 Å². The third-order valence-corrected chi connectivity index (χ3v) is 11.5. The zero-order chi connectivity index (χ0) is 41.6. The topological polar surface area (TPSA) is 180 Å². The highest BCUT2D eigenvalue weighted by atomic mass is 32.2. The molecule has 0 radical (unpaired) electrons. The molecule has 1 saturated heterocycles. The van der Waals surface area contributed by atoms with Gasteiger partial charge in [-0.1, -0.05) is 57.9 Å². The summed E-state index contributed by atoms with van der Waals surface area (Å²) in [6.45, 7) is 10.4. The number of benzene rings is 2. The second kappa shape index (κ2) is 21.3. The second-order valence-corrected chi connectivity index (χ2v) is 17.7. The molecule has 0 bridgehead atoms. The van der Waals surface area contributed by atoms with Gasteiger partial charge in [0.1, 0.15) is 23.3 Å². The number of ether oxygens (including phenoxy) is 2. The molecular weight excluding hydrogens is 751 g/mol. The van der Waals surface area contributed by atoms with E-state index in [-0.39, 0.29) is 49.9 Å². The normalized spacial score (nSPS) is 16.1. The first kappa shape index (κ1) is 46.1. The van der Waals surface area contributed by atoms with Gasteiger partial charge in [0.05, 0.1) is 36.3 Å². The van der Waals surface area contributed by atoms with Crippen LogP contribution in [0.4, 0.5) is 18.4 Å². The Morgan fingerprint density at radius 2 is 1.62 bits per heavy atom. The molecule has 0 aromatic heterocycles. The van der Waals surface area contributed by atoms with Crippen molar-refractivity contribution in [1.29, 1.82) is 0 Å². The van der Waals surface area contributed by atoms with Crippen LogP contribution in [0, 0.1) is 17.6 Å². The van der Waals surface area contributed by atoms with Crippen LogP contribution >= 0.6 is 0 Å². The van der Waals surface area contributed by atoms with Gasteiger partial charge in [-0.2, -0.15) is 0 Å². The molecule has 0 spiro atoms. The van der Waals surface area contributed by atoms with Gasteiger partial charge >= 0.3 is 12.2 Å². The average molecular weight is 809 g/mol. The summed E-state index contributed by atoms with van der Waals surface area (Å²) in [4.78, 5) is 53.6. The van der Waals surface area contributed by atoms with Crippen molar-refractivity contribution in [3.05, 3.63) is 70.8 Å². The first-order valence-electron chi connectivity index (χ1n) is 19.2. The van der Waals surface area contributed by atoms with Gasteiger partial charge in [0.25, 0.3) is 0 Å². The van der Waals surface area contributed by atoms with E-state index in [1.807, 2.05) is 39.0 Å². The molecule has 4 amide bonds. The Labute approximate surface area is 329 Å².